The molecule has 2 aliphatic rings. The zero-order valence-corrected chi connectivity index (χ0v) is 18.0. The van der Waals surface area contributed by atoms with E-state index in [0.29, 0.717) is 0 Å². The molecule has 1 aromatic carbocycles. The number of carbonyl (C=O) groups is 3. The molecule has 0 aliphatic carbocycles. The third kappa shape index (κ3) is 4.54. The molecular formula is C20H25ClF4N4O3. The van der Waals surface area contributed by atoms with E-state index < -0.39 is 72.6 Å². The highest BCUT2D eigenvalue weighted by atomic mass is 35.5. The molecule has 2 heterocycles. The van der Waals surface area contributed by atoms with Gasteiger partial charge in [-0.05, 0) is 44.9 Å². The number of halogens is 5. The van der Waals surface area contributed by atoms with Crippen molar-refractivity contribution in [3.8, 4) is 0 Å². The Morgan fingerprint density at radius 3 is 2.56 bits per heavy atom. The number of alkyl halides is 4. The molecule has 0 aromatic heterocycles. The molecule has 0 unspecified atom stereocenters. The molecule has 12 heteroatoms. The molecule has 0 radical (unpaired) electrons. The van der Waals surface area contributed by atoms with Gasteiger partial charge in [0.1, 0.15) is 11.7 Å². The average molecular weight is 484 g/mol. The number of likely N-dealkylation sites (N-methyl/N-ethyl adjacent to an activating group) is 1. The number of hydrogen-bond donors (Lipinski definition) is 3. The lowest BCUT2D eigenvalue weighted by Crippen LogP contribution is -2.52. The average Bonchev–Trinajstić information content (AvgIpc) is 3.17. The van der Waals surface area contributed by atoms with Crippen molar-refractivity contribution in [1.29, 1.82) is 0 Å². The molecule has 0 bridgehead atoms. The van der Waals surface area contributed by atoms with E-state index in [1.807, 2.05) is 0 Å². The molecule has 32 heavy (non-hydrogen) atoms. The smallest absolute Gasteiger partial charge is 0.368 e. The highest BCUT2D eigenvalue weighted by molar-refractivity contribution is 6.08. The van der Waals surface area contributed by atoms with Crippen molar-refractivity contribution in [3.05, 3.63) is 29.3 Å². The van der Waals surface area contributed by atoms with Crippen LogP contribution in [0.15, 0.2) is 18.2 Å². The minimum atomic E-state index is -4.66. The second kappa shape index (κ2) is 8.51. The summed E-state index contributed by atoms with van der Waals surface area (Å²) in [5, 5.41) is 4.45. The van der Waals surface area contributed by atoms with Gasteiger partial charge in [-0.2, -0.15) is 13.2 Å². The van der Waals surface area contributed by atoms with E-state index in [1.165, 1.54) is 0 Å². The quantitative estimate of drug-likeness (QED) is 0.558. The van der Waals surface area contributed by atoms with Gasteiger partial charge in [0.2, 0.25) is 17.7 Å². The second-order valence-electron chi connectivity index (χ2n) is 8.50. The van der Waals surface area contributed by atoms with E-state index in [9.17, 15) is 31.9 Å². The van der Waals surface area contributed by atoms with Crippen LogP contribution in [0.1, 0.15) is 41.9 Å². The van der Waals surface area contributed by atoms with E-state index in [4.69, 9.17) is 9.85 Å². The Morgan fingerprint density at radius 2 is 2.03 bits per heavy atom. The van der Waals surface area contributed by atoms with Gasteiger partial charge in [0.25, 0.3) is 0 Å². The summed E-state index contributed by atoms with van der Waals surface area (Å²) in [6.07, 6.45) is -5.54. The van der Waals surface area contributed by atoms with Crippen LogP contribution in [0.5, 0.6) is 0 Å². The summed E-state index contributed by atoms with van der Waals surface area (Å²) in [5.41, 5.74) is 0.959. The highest BCUT2D eigenvalue weighted by Crippen LogP contribution is 2.48. The predicted molar refractivity (Wildman–Crippen MR) is 111 cm³/mol. The Balaban J connectivity index is 0.00000432. The standard InChI is InChI=1S/C20H24F4N4O3.ClH/c1-18(2,21)7-13(26-3)16(30)28-9-19(8-14(28)15(25)29)11-5-4-10(20(22,23)24)6-12(11)27-17(19)31;/h4-6,13-14,26H,7-9H2,1-3H3,(H2,25,29)(H,27,31);1H/t13-,14-,19-;/m0./s1/i3D3;. The molecule has 1 aromatic rings. The Bertz CT molecular complexity index is 1020. The Morgan fingerprint density at radius 1 is 1.38 bits per heavy atom. The molecule has 3 amide bonds. The van der Waals surface area contributed by atoms with Gasteiger partial charge in [0.05, 0.1) is 17.0 Å². The van der Waals surface area contributed by atoms with Gasteiger partial charge in [-0.3, -0.25) is 14.4 Å². The molecule has 0 saturated carbocycles. The van der Waals surface area contributed by atoms with Crippen LogP contribution in [-0.2, 0) is 26.0 Å². The molecule has 1 saturated heterocycles. The number of likely N-dealkylation sites (tertiary alicyclic amines) is 1. The van der Waals surface area contributed by atoms with E-state index in [0.717, 1.165) is 36.9 Å². The van der Waals surface area contributed by atoms with Crippen LogP contribution in [0.4, 0.5) is 23.2 Å². The van der Waals surface area contributed by atoms with Crippen molar-refractivity contribution in [3.63, 3.8) is 0 Å². The van der Waals surface area contributed by atoms with E-state index >= 15 is 0 Å². The Kier molecular flexibility index (Phi) is 5.70. The Labute approximate surface area is 192 Å². The van der Waals surface area contributed by atoms with Crippen LogP contribution in [0, 0.1) is 0 Å². The van der Waals surface area contributed by atoms with Crippen LogP contribution in [-0.4, -0.2) is 53.9 Å². The first-order valence-electron chi connectivity index (χ1n) is 10.9. The lowest BCUT2D eigenvalue weighted by Gasteiger charge is -2.29. The number of carbonyl (C=O) groups excluding carboxylic acids is 3. The van der Waals surface area contributed by atoms with E-state index in [-0.39, 0.29) is 30.1 Å². The molecule has 3 atom stereocenters. The number of nitrogens with zero attached hydrogens (tertiary/aromatic N) is 1. The summed E-state index contributed by atoms with van der Waals surface area (Å²) in [5.74, 6) is -2.68. The molecule has 178 valence electrons. The molecular weight excluding hydrogens is 456 g/mol. The maximum absolute atomic E-state index is 14.4. The summed E-state index contributed by atoms with van der Waals surface area (Å²) in [6.45, 7) is -0.985. The number of benzene rings is 1. The van der Waals surface area contributed by atoms with Crippen molar-refractivity contribution >= 4 is 35.8 Å². The maximum atomic E-state index is 14.4. The zero-order valence-electron chi connectivity index (χ0n) is 20.2. The van der Waals surface area contributed by atoms with E-state index in [1.54, 1.807) is 0 Å². The van der Waals surface area contributed by atoms with Crippen molar-refractivity contribution < 1.29 is 36.1 Å². The predicted octanol–water partition coefficient (Wildman–Crippen LogP) is 2.13. The topological polar surface area (TPSA) is 105 Å². The van der Waals surface area contributed by atoms with Crippen LogP contribution in [0.3, 0.4) is 0 Å². The summed E-state index contributed by atoms with van der Waals surface area (Å²) in [4.78, 5) is 39.4. The summed E-state index contributed by atoms with van der Waals surface area (Å²) >= 11 is 0. The monoisotopic (exact) mass is 483 g/mol. The third-order valence-corrected chi connectivity index (χ3v) is 5.68. The maximum Gasteiger partial charge on any atom is 0.416 e. The van der Waals surface area contributed by atoms with Crippen LogP contribution >= 0.6 is 12.4 Å². The van der Waals surface area contributed by atoms with Gasteiger partial charge in [-0.25, -0.2) is 4.39 Å². The van der Waals surface area contributed by atoms with Crippen LogP contribution in [0.25, 0.3) is 0 Å². The molecule has 1 fully saturated rings. The van der Waals surface area contributed by atoms with Crippen molar-refractivity contribution in [1.82, 2.24) is 10.2 Å². The molecule has 7 nitrogen and oxygen atoms in total. The Hall–Kier alpha value is -2.40. The number of nitrogens with two attached hydrogens (primary N) is 1. The molecule has 2 aliphatic heterocycles. The number of anilines is 1. The lowest BCUT2D eigenvalue weighted by atomic mass is 9.79. The summed E-state index contributed by atoms with van der Waals surface area (Å²) < 4.78 is 75.9. The number of hydrogen-bond acceptors (Lipinski definition) is 4. The normalized spacial score (nSPS) is 25.3. The third-order valence-electron chi connectivity index (χ3n) is 5.68. The highest BCUT2D eigenvalue weighted by Gasteiger charge is 2.58. The van der Waals surface area contributed by atoms with Crippen LogP contribution < -0.4 is 16.4 Å². The fourth-order valence-corrected chi connectivity index (χ4v) is 4.24. The lowest BCUT2D eigenvalue weighted by molar-refractivity contribution is -0.139. The number of nitrogens with one attached hydrogen (secondary N) is 2. The minimum absolute atomic E-state index is 0. The first kappa shape index (κ1) is 21.4. The first-order valence-corrected chi connectivity index (χ1v) is 9.44. The SMILES string of the molecule is Cl.[2H]C([2H])([2H])N[C@@H](CC(C)(C)F)C(=O)N1C[C@]2(C[C@H]1C(N)=O)C(=O)Nc1cc(C(F)(F)F)ccc12. The fourth-order valence-electron chi connectivity index (χ4n) is 4.24. The van der Waals surface area contributed by atoms with Gasteiger partial charge in [-0.15, -0.1) is 12.4 Å². The van der Waals surface area contributed by atoms with E-state index in [2.05, 4.69) is 10.6 Å². The molecule has 3 rings (SSSR count). The fraction of sp³-hybridized carbons (Fsp3) is 0.550. The largest absolute Gasteiger partial charge is 0.416 e. The van der Waals surface area contributed by atoms with Gasteiger partial charge in [-0.1, -0.05) is 6.07 Å². The van der Waals surface area contributed by atoms with Crippen molar-refractivity contribution in [2.45, 2.75) is 56.0 Å². The van der Waals surface area contributed by atoms with Gasteiger partial charge in [0, 0.05) is 22.8 Å². The van der Waals surface area contributed by atoms with Gasteiger partial charge < -0.3 is 21.3 Å². The van der Waals surface area contributed by atoms with Gasteiger partial charge in [0.15, 0.2) is 0 Å². The number of fused-ring (bicyclic) bond motifs is 2. The van der Waals surface area contributed by atoms with Crippen LogP contribution in [0.2, 0.25) is 0 Å². The number of rotatable bonds is 5. The van der Waals surface area contributed by atoms with Crippen molar-refractivity contribution in [2.24, 2.45) is 5.73 Å². The zero-order chi connectivity index (χ0) is 25.9. The second-order valence-corrected chi connectivity index (χ2v) is 8.50. The van der Waals surface area contributed by atoms with Gasteiger partial charge >= 0.3 is 6.18 Å². The molecule has 4 N–H and O–H groups in total. The summed E-state index contributed by atoms with van der Waals surface area (Å²) in [6, 6.07) is -0.299. The molecule has 1 spiro atoms. The first-order chi connectivity index (χ1) is 15.3. The minimum Gasteiger partial charge on any atom is -0.368 e. The number of primary amides is 1. The summed E-state index contributed by atoms with van der Waals surface area (Å²) in [7, 11) is 0. The number of amides is 3. The van der Waals surface area contributed by atoms with Crippen molar-refractivity contribution in [2.75, 3.05) is 18.8 Å².